The predicted molar refractivity (Wildman–Crippen MR) is 84.3 cm³/mol. The number of nitrogens with one attached hydrogen (secondary N) is 1. The number of benzene rings is 1. The van der Waals surface area contributed by atoms with Gasteiger partial charge < -0.3 is 15.0 Å². The molecule has 1 aliphatic heterocycles. The Bertz CT molecular complexity index is 487. The van der Waals surface area contributed by atoms with Crippen LogP contribution in [0.1, 0.15) is 18.9 Å². The molecule has 0 bridgehead atoms. The summed E-state index contributed by atoms with van der Waals surface area (Å²) in [7, 11) is 1.65. The Morgan fingerprint density at radius 3 is 2.90 bits per heavy atom. The smallest absolute Gasteiger partial charge is 0.232 e. The first-order chi connectivity index (χ1) is 10.1. The van der Waals surface area contributed by atoms with Crippen LogP contribution in [0.3, 0.4) is 0 Å². The minimum Gasteiger partial charge on any atom is -0.384 e. The molecule has 0 aliphatic carbocycles. The number of ether oxygens (including phenoxy) is 1. The Morgan fingerprint density at radius 2 is 2.33 bits per heavy atom. The fourth-order valence-corrected chi connectivity index (χ4v) is 3.12. The maximum atomic E-state index is 13.0. The van der Waals surface area contributed by atoms with Crippen molar-refractivity contribution in [2.24, 2.45) is 5.41 Å². The van der Waals surface area contributed by atoms with E-state index in [9.17, 15) is 4.79 Å². The van der Waals surface area contributed by atoms with Gasteiger partial charge in [-0.25, -0.2) is 0 Å². The first-order valence-corrected chi connectivity index (χ1v) is 7.72. The van der Waals surface area contributed by atoms with E-state index in [1.54, 1.807) is 7.11 Å². The molecule has 21 heavy (non-hydrogen) atoms. The van der Waals surface area contributed by atoms with Crippen LogP contribution in [0.25, 0.3) is 0 Å². The van der Waals surface area contributed by atoms with Gasteiger partial charge in [0.2, 0.25) is 5.91 Å². The Balaban J connectivity index is 2.14. The maximum Gasteiger partial charge on any atom is 0.232 e. The highest BCUT2D eigenvalue weighted by Gasteiger charge is 2.43. The van der Waals surface area contributed by atoms with Crippen molar-refractivity contribution < 1.29 is 9.53 Å². The summed E-state index contributed by atoms with van der Waals surface area (Å²) in [4.78, 5) is 14.8. The molecule has 5 heteroatoms. The van der Waals surface area contributed by atoms with Crippen molar-refractivity contribution in [1.29, 1.82) is 0 Å². The number of carbonyl (C=O) groups is 1. The molecular formula is C16H23ClN2O2. The van der Waals surface area contributed by atoms with Crippen molar-refractivity contribution >= 4 is 17.5 Å². The zero-order valence-electron chi connectivity index (χ0n) is 12.7. The maximum absolute atomic E-state index is 13.0. The van der Waals surface area contributed by atoms with Gasteiger partial charge in [-0.2, -0.15) is 0 Å². The van der Waals surface area contributed by atoms with Crippen LogP contribution in [0, 0.1) is 5.41 Å². The van der Waals surface area contributed by atoms with Crippen LogP contribution in [-0.2, 0) is 16.1 Å². The molecule has 0 saturated carbocycles. The number of halogens is 1. The van der Waals surface area contributed by atoms with Gasteiger partial charge in [0.1, 0.15) is 0 Å². The van der Waals surface area contributed by atoms with Crippen molar-refractivity contribution in [2.75, 3.05) is 33.4 Å². The summed E-state index contributed by atoms with van der Waals surface area (Å²) in [5.74, 6) is 0.164. The minimum absolute atomic E-state index is 0.164. The first kappa shape index (κ1) is 16.3. The van der Waals surface area contributed by atoms with Crippen molar-refractivity contribution in [3.8, 4) is 0 Å². The standard InChI is InChI=1S/C16H23ClN2O2/c1-3-19(10-13-5-4-6-14(17)9-13)15(20)16(12-21-2)7-8-18-11-16/h4-6,9,18H,3,7-8,10-12H2,1-2H3. The third-order valence-electron chi connectivity index (χ3n) is 4.05. The molecule has 1 aromatic carbocycles. The third kappa shape index (κ3) is 3.76. The highest BCUT2D eigenvalue weighted by atomic mass is 35.5. The summed E-state index contributed by atoms with van der Waals surface area (Å²) in [6, 6.07) is 7.67. The molecule has 1 atom stereocenters. The number of hydrogen-bond donors (Lipinski definition) is 1. The van der Waals surface area contributed by atoms with Crippen molar-refractivity contribution in [1.82, 2.24) is 10.2 Å². The van der Waals surface area contributed by atoms with Crippen molar-refractivity contribution in [3.63, 3.8) is 0 Å². The summed E-state index contributed by atoms with van der Waals surface area (Å²) < 4.78 is 5.31. The molecule has 0 radical (unpaired) electrons. The quantitative estimate of drug-likeness (QED) is 0.877. The van der Waals surface area contributed by atoms with Crippen molar-refractivity contribution in [2.45, 2.75) is 19.9 Å². The van der Waals surface area contributed by atoms with E-state index in [0.717, 1.165) is 18.5 Å². The third-order valence-corrected chi connectivity index (χ3v) is 4.28. The van der Waals surface area contributed by atoms with E-state index in [0.29, 0.717) is 31.3 Å². The van der Waals surface area contributed by atoms with E-state index in [1.807, 2.05) is 36.1 Å². The normalized spacial score (nSPS) is 21.5. The molecule has 1 saturated heterocycles. The van der Waals surface area contributed by atoms with Gasteiger partial charge in [-0.3, -0.25) is 4.79 Å². The molecule has 2 rings (SSSR count). The lowest BCUT2D eigenvalue weighted by Crippen LogP contribution is -2.47. The van der Waals surface area contributed by atoms with Crippen LogP contribution in [0.15, 0.2) is 24.3 Å². The van der Waals surface area contributed by atoms with Crippen LogP contribution >= 0.6 is 11.6 Å². The first-order valence-electron chi connectivity index (χ1n) is 7.35. The van der Waals surface area contributed by atoms with E-state index in [1.165, 1.54) is 0 Å². The summed E-state index contributed by atoms with van der Waals surface area (Å²) in [6.45, 7) is 5.28. The predicted octanol–water partition coefficient (Wildman–Crippen LogP) is 2.31. The zero-order valence-corrected chi connectivity index (χ0v) is 13.4. The van der Waals surface area contributed by atoms with Crippen LogP contribution in [0.2, 0.25) is 5.02 Å². The molecule has 1 fully saturated rings. The average molecular weight is 311 g/mol. The van der Waals surface area contributed by atoms with Gasteiger partial charge in [0.15, 0.2) is 0 Å². The number of hydrogen-bond acceptors (Lipinski definition) is 3. The number of rotatable bonds is 6. The molecule has 1 N–H and O–H groups in total. The van der Waals surface area contributed by atoms with E-state index in [2.05, 4.69) is 5.32 Å². The monoisotopic (exact) mass is 310 g/mol. The molecule has 1 aromatic rings. The highest BCUT2D eigenvalue weighted by Crippen LogP contribution is 2.29. The molecule has 0 aromatic heterocycles. The van der Waals surface area contributed by atoms with Crippen LogP contribution < -0.4 is 5.32 Å². The topological polar surface area (TPSA) is 41.6 Å². The lowest BCUT2D eigenvalue weighted by molar-refractivity contribution is -0.144. The zero-order chi connectivity index (χ0) is 15.3. The van der Waals surface area contributed by atoms with Gasteiger partial charge in [-0.15, -0.1) is 0 Å². The molecular weight excluding hydrogens is 288 g/mol. The fraction of sp³-hybridized carbons (Fsp3) is 0.562. The molecule has 0 spiro atoms. The summed E-state index contributed by atoms with van der Waals surface area (Å²) in [5.41, 5.74) is 0.625. The highest BCUT2D eigenvalue weighted by molar-refractivity contribution is 6.30. The summed E-state index contributed by atoms with van der Waals surface area (Å²) >= 11 is 6.02. The second-order valence-electron chi connectivity index (χ2n) is 5.59. The molecule has 1 heterocycles. The Morgan fingerprint density at radius 1 is 1.52 bits per heavy atom. The molecule has 1 aliphatic rings. The largest absolute Gasteiger partial charge is 0.384 e. The average Bonchev–Trinajstić information content (AvgIpc) is 2.94. The van der Waals surface area contributed by atoms with Crippen molar-refractivity contribution in [3.05, 3.63) is 34.9 Å². The lowest BCUT2D eigenvalue weighted by Gasteiger charge is -2.33. The van der Waals surface area contributed by atoms with Gasteiger partial charge in [0.05, 0.1) is 12.0 Å². The van der Waals surface area contributed by atoms with E-state index in [4.69, 9.17) is 16.3 Å². The van der Waals surface area contributed by atoms with Gasteiger partial charge >= 0.3 is 0 Å². The lowest BCUT2D eigenvalue weighted by atomic mass is 9.86. The number of methoxy groups -OCH3 is 1. The SMILES string of the molecule is CCN(Cc1cccc(Cl)c1)C(=O)C1(COC)CCNC1. The second-order valence-corrected chi connectivity index (χ2v) is 6.03. The number of nitrogens with zero attached hydrogens (tertiary/aromatic N) is 1. The van der Waals surface area contributed by atoms with E-state index < -0.39 is 5.41 Å². The van der Waals surface area contributed by atoms with Crippen LogP contribution in [0.5, 0.6) is 0 Å². The Labute approximate surface area is 131 Å². The number of amides is 1. The van der Waals surface area contributed by atoms with Crippen LogP contribution in [0.4, 0.5) is 0 Å². The van der Waals surface area contributed by atoms with Gasteiger partial charge in [0.25, 0.3) is 0 Å². The van der Waals surface area contributed by atoms with E-state index >= 15 is 0 Å². The minimum atomic E-state index is -0.427. The summed E-state index contributed by atoms with van der Waals surface area (Å²) in [5, 5.41) is 3.98. The molecule has 4 nitrogen and oxygen atoms in total. The van der Waals surface area contributed by atoms with Gasteiger partial charge in [-0.05, 0) is 37.6 Å². The Kier molecular flexibility index (Phi) is 5.62. The fourth-order valence-electron chi connectivity index (χ4n) is 2.91. The second kappa shape index (κ2) is 7.25. The molecule has 1 amide bonds. The number of carbonyl (C=O) groups excluding carboxylic acids is 1. The van der Waals surface area contributed by atoms with E-state index in [-0.39, 0.29) is 5.91 Å². The Hall–Kier alpha value is -1.10. The summed E-state index contributed by atoms with van der Waals surface area (Å²) in [6.07, 6.45) is 0.825. The molecule has 116 valence electrons. The molecule has 1 unspecified atom stereocenters. The van der Waals surface area contributed by atoms with Crippen LogP contribution in [-0.4, -0.2) is 44.2 Å². The van der Waals surface area contributed by atoms with Gasteiger partial charge in [0, 0.05) is 31.8 Å². The van der Waals surface area contributed by atoms with Gasteiger partial charge in [-0.1, -0.05) is 23.7 Å².